The van der Waals surface area contributed by atoms with E-state index < -0.39 is 5.82 Å². The van der Waals surface area contributed by atoms with E-state index in [9.17, 15) is 9.18 Å². The molecule has 0 N–H and O–H groups in total. The average Bonchev–Trinajstić information content (AvgIpc) is 2.30. The summed E-state index contributed by atoms with van der Waals surface area (Å²) in [6.45, 7) is 0. The Bertz CT molecular complexity index is 528. The molecule has 0 radical (unpaired) electrons. The molecule has 0 bridgehead atoms. The summed E-state index contributed by atoms with van der Waals surface area (Å²) in [5, 5.41) is 7.67. The quantitative estimate of drug-likeness (QED) is 0.753. The molecule has 5 heteroatoms. The van der Waals surface area contributed by atoms with E-state index in [1.165, 1.54) is 18.2 Å². The number of benzene rings is 1. The predicted molar refractivity (Wildman–Crippen MR) is 57.8 cm³/mol. The Morgan fingerprint density at radius 1 is 1.19 bits per heavy atom. The first-order chi connectivity index (χ1) is 7.72. The van der Waals surface area contributed by atoms with E-state index in [4.69, 9.17) is 11.6 Å². The molecule has 0 spiro atoms. The summed E-state index contributed by atoms with van der Waals surface area (Å²) in [5.41, 5.74) is 0.782. The standard InChI is InChI=1S/C11H6ClFN2O/c12-11-5-4-10(14-15-11)7-2-1-3-9(13)8(7)6-16/h1-6H. The van der Waals surface area contributed by atoms with E-state index in [0.29, 0.717) is 17.5 Å². The fraction of sp³-hybridized carbons (Fsp3) is 0. The molecule has 0 saturated carbocycles. The summed E-state index contributed by atoms with van der Waals surface area (Å²) in [5.74, 6) is -0.579. The van der Waals surface area contributed by atoms with Gasteiger partial charge < -0.3 is 0 Å². The molecule has 80 valence electrons. The van der Waals surface area contributed by atoms with E-state index in [1.807, 2.05) is 0 Å². The number of carbonyl (C=O) groups is 1. The Morgan fingerprint density at radius 3 is 2.62 bits per heavy atom. The molecule has 3 nitrogen and oxygen atoms in total. The zero-order valence-electron chi connectivity index (χ0n) is 8.02. The summed E-state index contributed by atoms with van der Waals surface area (Å²) < 4.78 is 13.3. The van der Waals surface area contributed by atoms with Crippen molar-refractivity contribution in [2.45, 2.75) is 0 Å². The third kappa shape index (κ3) is 1.92. The van der Waals surface area contributed by atoms with E-state index in [0.717, 1.165) is 0 Å². The summed E-state index contributed by atoms with van der Waals surface area (Å²) in [7, 11) is 0. The molecular formula is C11H6ClFN2O. The highest BCUT2D eigenvalue weighted by Crippen LogP contribution is 2.22. The monoisotopic (exact) mass is 236 g/mol. The van der Waals surface area contributed by atoms with Crippen LogP contribution in [0.25, 0.3) is 11.3 Å². The van der Waals surface area contributed by atoms with E-state index in [-0.39, 0.29) is 10.7 Å². The van der Waals surface area contributed by atoms with Crippen LogP contribution in [0.2, 0.25) is 5.15 Å². The van der Waals surface area contributed by atoms with Gasteiger partial charge in [-0.25, -0.2) is 4.39 Å². The van der Waals surface area contributed by atoms with Gasteiger partial charge in [-0.05, 0) is 18.2 Å². The maximum Gasteiger partial charge on any atom is 0.153 e. The highest BCUT2D eigenvalue weighted by molar-refractivity contribution is 6.29. The molecule has 0 unspecified atom stereocenters. The molecule has 0 saturated heterocycles. The number of carbonyl (C=O) groups excluding carboxylic acids is 1. The molecule has 16 heavy (non-hydrogen) atoms. The third-order valence-electron chi connectivity index (χ3n) is 2.08. The number of hydrogen-bond acceptors (Lipinski definition) is 3. The first kappa shape index (κ1) is 10.7. The van der Waals surface area contributed by atoms with Gasteiger partial charge in [0, 0.05) is 5.56 Å². The number of aldehydes is 1. The zero-order valence-corrected chi connectivity index (χ0v) is 8.78. The van der Waals surface area contributed by atoms with Crippen LogP contribution in [0.4, 0.5) is 4.39 Å². The normalized spacial score (nSPS) is 10.1. The first-order valence-corrected chi connectivity index (χ1v) is 4.83. The second kappa shape index (κ2) is 4.37. The van der Waals surface area contributed by atoms with Crippen molar-refractivity contribution in [3.05, 3.63) is 46.9 Å². The second-order valence-corrected chi connectivity index (χ2v) is 3.45. The minimum Gasteiger partial charge on any atom is -0.298 e. The van der Waals surface area contributed by atoms with E-state index in [1.54, 1.807) is 12.1 Å². The molecule has 1 heterocycles. The van der Waals surface area contributed by atoms with Crippen LogP contribution in [0, 0.1) is 5.82 Å². The van der Waals surface area contributed by atoms with Gasteiger partial charge >= 0.3 is 0 Å². The maximum absolute atomic E-state index is 13.3. The van der Waals surface area contributed by atoms with Crippen molar-refractivity contribution in [2.75, 3.05) is 0 Å². The lowest BCUT2D eigenvalue weighted by atomic mass is 10.0. The van der Waals surface area contributed by atoms with Crippen LogP contribution in [0.1, 0.15) is 10.4 Å². The van der Waals surface area contributed by atoms with Gasteiger partial charge in [-0.15, -0.1) is 10.2 Å². The second-order valence-electron chi connectivity index (χ2n) is 3.06. The zero-order chi connectivity index (χ0) is 11.5. The molecule has 1 aromatic heterocycles. The summed E-state index contributed by atoms with van der Waals surface area (Å²) >= 11 is 5.59. The Kier molecular flexibility index (Phi) is 2.92. The van der Waals surface area contributed by atoms with Crippen molar-refractivity contribution in [3.63, 3.8) is 0 Å². The highest BCUT2D eigenvalue weighted by atomic mass is 35.5. The molecule has 0 aliphatic heterocycles. The SMILES string of the molecule is O=Cc1c(F)cccc1-c1ccc(Cl)nn1. The summed E-state index contributed by atoms with van der Waals surface area (Å²) in [6.07, 6.45) is 0.459. The largest absolute Gasteiger partial charge is 0.298 e. The van der Waals surface area contributed by atoms with Crippen LogP contribution in [0.15, 0.2) is 30.3 Å². The topological polar surface area (TPSA) is 42.9 Å². The van der Waals surface area contributed by atoms with Crippen molar-refractivity contribution in [3.8, 4) is 11.3 Å². The van der Waals surface area contributed by atoms with Gasteiger partial charge in [0.15, 0.2) is 11.4 Å². The van der Waals surface area contributed by atoms with Gasteiger partial charge in [0.05, 0.1) is 11.3 Å². The fourth-order valence-corrected chi connectivity index (χ4v) is 1.44. The average molecular weight is 237 g/mol. The first-order valence-electron chi connectivity index (χ1n) is 4.45. The Hall–Kier alpha value is -1.81. The van der Waals surface area contributed by atoms with Crippen molar-refractivity contribution in [1.82, 2.24) is 10.2 Å². The number of aromatic nitrogens is 2. The van der Waals surface area contributed by atoms with Crippen molar-refractivity contribution >= 4 is 17.9 Å². The Labute approximate surface area is 95.9 Å². The van der Waals surface area contributed by atoms with E-state index in [2.05, 4.69) is 10.2 Å². The van der Waals surface area contributed by atoms with Crippen LogP contribution in [0.3, 0.4) is 0 Å². The van der Waals surface area contributed by atoms with Gasteiger partial charge in [0.1, 0.15) is 5.82 Å². The Morgan fingerprint density at radius 2 is 2.00 bits per heavy atom. The minimum absolute atomic E-state index is 0.0286. The number of nitrogens with zero attached hydrogens (tertiary/aromatic N) is 2. The molecule has 0 aliphatic rings. The van der Waals surface area contributed by atoms with Gasteiger partial charge in [-0.1, -0.05) is 23.7 Å². The van der Waals surface area contributed by atoms with Crippen LogP contribution < -0.4 is 0 Å². The van der Waals surface area contributed by atoms with Gasteiger partial charge in [-0.3, -0.25) is 4.79 Å². The molecule has 0 fully saturated rings. The van der Waals surface area contributed by atoms with Crippen LogP contribution in [-0.2, 0) is 0 Å². The molecule has 2 rings (SSSR count). The van der Waals surface area contributed by atoms with Gasteiger partial charge in [0.2, 0.25) is 0 Å². The van der Waals surface area contributed by atoms with Gasteiger partial charge in [0.25, 0.3) is 0 Å². The fourth-order valence-electron chi connectivity index (χ4n) is 1.34. The maximum atomic E-state index is 13.3. The molecule has 0 amide bonds. The van der Waals surface area contributed by atoms with Crippen molar-refractivity contribution < 1.29 is 9.18 Å². The number of hydrogen-bond donors (Lipinski definition) is 0. The van der Waals surface area contributed by atoms with Gasteiger partial charge in [-0.2, -0.15) is 0 Å². The molecule has 0 atom stereocenters. The summed E-state index contributed by atoms with van der Waals surface area (Å²) in [4.78, 5) is 10.8. The van der Waals surface area contributed by atoms with Crippen LogP contribution in [-0.4, -0.2) is 16.5 Å². The lowest BCUT2D eigenvalue weighted by Gasteiger charge is -2.03. The number of rotatable bonds is 2. The molecule has 0 aliphatic carbocycles. The third-order valence-corrected chi connectivity index (χ3v) is 2.28. The summed E-state index contributed by atoms with van der Waals surface area (Å²) in [6, 6.07) is 7.44. The van der Waals surface area contributed by atoms with Crippen LogP contribution in [0.5, 0.6) is 0 Å². The van der Waals surface area contributed by atoms with E-state index >= 15 is 0 Å². The number of halogens is 2. The Balaban J connectivity index is 2.59. The van der Waals surface area contributed by atoms with Crippen molar-refractivity contribution in [1.29, 1.82) is 0 Å². The lowest BCUT2D eigenvalue weighted by molar-refractivity contribution is 0.112. The van der Waals surface area contributed by atoms with Crippen molar-refractivity contribution in [2.24, 2.45) is 0 Å². The molecular weight excluding hydrogens is 231 g/mol. The predicted octanol–water partition coefficient (Wildman–Crippen LogP) is 2.75. The van der Waals surface area contributed by atoms with Crippen LogP contribution >= 0.6 is 11.6 Å². The molecule has 2 aromatic rings. The lowest BCUT2D eigenvalue weighted by Crippen LogP contribution is -1.95. The smallest absolute Gasteiger partial charge is 0.153 e. The molecule has 1 aromatic carbocycles. The highest BCUT2D eigenvalue weighted by Gasteiger charge is 2.10. The minimum atomic E-state index is -0.579.